The summed E-state index contributed by atoms with van der Waals surface area (Å²) in [6, 6.07) is 0.260. The molecule has 0 aliphatic carbocycles. The Kier molecular flexibility index (Phi) is 11.8. The Labute approximate surface area is 164 Å². The first-order valence-corrected chi connectivity index (χ1v) is 10.5. The smallest absolute Gasteiger partial charge is 0.305 e. The van der Waals surface area contributed by atoms with E-state index in [2.05, 4.69) is 16.6 Å². The number of ether oxygens (including phenoxy) is 1. The standard InChI is InChI=1S/C22H37NO4/c1-4-5-8-11-18(2)20(24)15-13-19-14-16-21(25)23(19)17-10-7-6-9-12-22(26)27-3/h18-20,24H,4,6-7,9-17H2,1-3H3/t18-,19?,20+/m1/s1. The molecule has 5 heteroatoms. The van der Waals surface area contributed by atoms with Crippen molar-refractivity contribution in [3.8, 4) is 11.8 Å². The second-order valence-electron chi connectivity index (χ2n) is 7.55. The molecule has 1 rings (SSSR count). The van der Waals surface area contributed by atoms with Crippen LogP contribution < -0.4 is 0 Å². The molecule has 1 saturated heterocycles. The molecule has 1 aliphatic heterocycles. The maximum absolute atomic E-state index is 12.2. The fourth-order valence-corrected chi connectivity index (χ4v) is 3.55. The predicted octanol–water partition coefficient (Wildman–Crippen LogP) is 3.68. The van der Waals surface area contributed by atoms with Gasteiger partial charge >= 0.3 is 5.97 Å². The topological polar surface area (TPSA) is 66.8 Å². The minimum absolute atomic E-state index is 0.154. The van der Waals surface area contributed by atoms with Crippen molar-refractivity contribution in [1.29, 1.82) is 0 Å². The molecule has 1 N–H and O–H groups in total. The number of aliphatic hydroxyl groups is 1. The fraction of sp³-hybridized carbons (Fsp3) is 0.818. The molecule has 27 heavy (non-hydrogen) atoms. The quantitative estimate of drug-likeness (QED) is 0.319. The third kappa shape index (κ3) is 9.28. The number of likely N-dealkylation sites (tertiary alicyclic amines) is 1. The lowest BCUT2D eigenvalue weighted by Crippen LogP contribution is -2.34. The van der Waals surface area contributed by atoms with E-state index in [1.165, 1.54) is 7.11 Å². The maximum Gasteiger partial charge on any atom is 0.305 e. The third-order valence-electron chi connectivity index (χ3n) is 5.39. The second kappa shape index (κ2) is 13.6. The van der Waals surface area contributed by atoms with Gasteiger partial charge in [-0.05, 0) is 38.0 Å². The van der Waals surface area contributed by atoms with E-state index in [4.69, 9.17) is 0 Å². The highest BCUT2D eigenvalue weighted by atomic mass is 16.5. The molecule has 1 unspecified atom stereocenters. The maximum atomic E-state index is 12.2. The highest BCUT2D eigenvalue weighted by Gasteiger charge is 2.30. The summed E-state index contributed by atoms with van der Waals surface area (Å²) in [7, 11) is 1.41. The number of aliphatic hydroxyl groups excluding tert-OH is 1. The minimum atomic E-state index is -0.355. The lowest BCUT2D eigenvalue weighted by atomic mass is 9.95. The van der Waals surface area contributed by atoms with E-state index in [1.807, 2.05) is 18.7 Å². The molecule has 0 aromatic carbocycles. The van der Waals surface area contributed by atoms with E-state index in [0.717, 1.165) is 64.3 Å². The van der Waals surface area contributed by atoms with Crippen LogP contribution in [0.1, 0.15) is 84.5 Å². The molecular weight excluding hydrogens is 342 g/mol. The Morgan fingerprint density at radius 1 is 1.30 bits per heavy atom. The summed E-state index contributed by atoms with van der Waals surface area (Å²) in [5.74, 6) is 6.42. The van der Waals surface area contributed by atoms with Crippen molar-refractivity contribution in [3.63, 3.8) is 0 Å². The highest BCUT2D eigenvalue weighted by molar-refractivity contribution is 5.78. The van der Waals surface area contributed by atoms with Gasteiger partial charge < -0.3 is 14.7 Å². The van der Waals surface area contributed by atoms with Crippen molar-refractivity contribution < 1.29 is 19.4 Å². The minimum Gasteiger partial charge on any atom is -0.469 e. The number of rotatable bonds is 12. The first-order valence-electron chi connectivity index (χ1n) is 10.5. The molecule has 0 aromatic heterocycles. The van der Waals surface area contributed by atoms with Crippen LogP contribution in [0.25, 0.3) is 0 Å². The van der Waals surface area contributed by atoms with Crippen molar-refractivity contribution in [2.75, 3.05) is 13.7 Å². The van der Waals surface area contributed by atoms with Gasteiger partial charge in [-0.15, -0.1) is 11.8 Å². The summed E-state index contributed by atoms with van der Waals surface area (Å²) in [4.78, 5) is 25.3. The van der Waals surface area contributed by atoms with Gasteiger partial charge in [0.1, 0.15) is 0 Å². The van der Waals surface area contributed by atoms with Crippen LogP contribution in [-0.2, 0) is 14.3 Å². The van der Waals surface area contributed by atoms with Gasteiger partial charge in [0.2, 0.25) is 5.91 Å². The van der Waals surface area contributed by atoms with Crippen LogP contribution in [0.15, 0.2) is 0 Å². The first-order chi connectivity index (χ1) is 13.0. The normalized spacial score (nSPS) is 18.7. The third-order valence-corrected chi connectivity index (χ3v) is 5.39. The van der Waals surface area contributed by atoms with Crippen molar-refractivity contribution in [2.45, 2.75) is 96.6 Å². The molecule has 1 heterocycles. The Bertz CT molecular complexity index is 508. The number of methoxy groups -OCH3 is 1. The van der Waals surface area contributed by atoms with Crippen molar-refractivity contribution in [1.82, 2.24) is 4.90 Å². The second-order valence-corrected chi connectivity index (χ2v) is 7.55. The van der Waals surface area contributed by atoms with E-state index in [0.29, 0.717) is 12.8 Å². The molecular formula is C22H37NO4. The number of amides is 1. The van der Waals surface area contributed by atoms with E-state index in [1.54, 1.807) is 0 Å². The van der Waals surface area contributed by atoms with Gasteiger partial charge in [0, 0.05) is 38.3 Å². The largest absolute Gasteiger partial charge is 0.469 e. The molecule has 0 aromatic rings. The van der Waals surface area contributed by atoms with Gasteiger partial charge in [0.25, 0.3) is 0 Å². The SMILES string of the molecule is CCC#CC[C@@H](C)[C@@H](O)CCC1CCC(=O)N1CCCCCCC(=O)OC. The summed E-state index contributed by atoms with van der Waals surface area (Å²) in [5.41, 5.74) is 0. The van der Waals surface area contributed by atoms with Gasteiger partial charge in [-0.3, -0.25) is 9.59 Å². The van der Waals surface area contributed by atoms with Gasteiger partial charge in [0.05, 0.1) is 13.2 Å². The van der Waals surface area contributed by atoms with Gasteiger partial charge in [-0.1, -0.05) is 26.7 Å². The number of carbonyl (C=O) groups is 2. The number of unbranched alkanes of at least 4 members (excludes halogenated alkanes) is 3. The van der Waals surface area contributed by atoms with E-state index in [-0.39, 0.29) is 29.9 Å². The van der Waals surface area contributed by atoms with Crippen LogP contribution >= 0.6 is 0 Å². The zero-order valence-electron chi connectivity index (χ0n) is 17.3. The van der Waals surface area contributed by atoms with Crippen LogP contribution in [0.4, 0.5) is 0 Å². The average Bonchev–Trinajstić information content (AvgIpc) is 3.02. The summed E-state index contributed by atoms with van der Waals surface area (Å²) in [6.07, 6.45) is 8.62. The Morgan fingerprint density at radius 2 is 2.04 bits per heavy atom. The van der Waals surface area contributed by atoms with Crippen LogP contribution in [-0.4, -0.2) is 47.7 Å². The van der Waals surface area contributed by atoms with Crippen LogP contribution in [0.5, 0.6) is 0 Å². The molecule has 3 atom stereocenters. The van der Waals surface area contributed by atoms with Gasteiger partial charge in [-0.25, -0.2) is 0 Å². The molecule has 1 fully saturated rings. The summed E-state index contributed by atoms with van der Waals surface area (Å²) < 4.78 is 4.64. The number of hydrogen-bond donors (Lipinski definition) is 1. The monoisotopic (exact) mass is 379 g/mol. The molecule has 0 radical (unpaired) electrons. The highest BCUT2D eigenvalue weighted by Crippen LogP contribution is 2.25. The molecule has 1 aliphatic rings. The van der Waals surface area contributed by atoms with E-state index >= 15 is 0 Å². The molecule has 5 nitrogen and oxygen atoms in total. The lowest BCUT2D eigenvalue weighted by molar-refractivity contribution is -0.140. The van der Waals surface area contributed by atoms with Crippen LogP contribution in [0, 0.1) is 17.8 Å². The number of carbonyl (C=O) groups excluding carboxylic acids is 2. The zero-order valence-corrected chi connectivity index (χ0v) is 17.3. The van der Waals surface area contributed by atoms with Crippen molar-refractivity contribution in [2.24, 2.45) is 5.92 Å². The number of esters is 1. The average molecular weight is 380 g/mol. The van der Waals surface area contributed by atoms with Gasteiger partial charge in [0.15, 0.2) is 0 Å². The summed E-state index contributed by atoms with van der Waals surface area (Å²) in [5, 5.41) is 10.4. The number of nitrogens with zero attached hydrogens (tertiary/aromatic N) is 1. The molecule has 0 bridgehead atoms. The fourth-order valence-electron chi connectivity index (χ4n) is 3.55. The Hall–Kier alpha value is -1.54. The Morgan fingerprint density at radius 3 is 2.74 bits per heavy atom. The van der Waals surface area contributed by atoms with E-state index in [9.17, 15) is 14.7 Å². The zero-order chi connectivity index (χ0) is 20.1. The van der Waals surface area contributed by atoms with Crippen molar-refractivity contribution in [3.05, 3.63) is 0 Å². The molecule has 154 valence electrons. The Balaban J connectivity index is 2.27. The lowest BCUT2D eigenvalue weighted by Gasteiger charge is -2.26. The molecule has 1 amide bonds. The van der Waals surface area contributed by atoms with Crippen LogP contribution in [0.3, 0.4) is 0 Å². The molecule has 0 saturated carbocycles. The molecule has 0 spiro atoms. The van der Waals surface area contributed by atoms with Crippen molar-refractivity contribution >= 4 is 11.9 Å². The summed E-state index contributed by atoms with van der Waals surface area (Å²) in [6.45, 7) is 4.86. The van der Waals surface area contributed by atoms with Gasteiger partial charge in [-0.2, -0.15) is 0 Å². The predicted molar refractivity (Wildman–Crippen MR) is 107 cm³/mol. The summed E-state index contributed by atoms with van der Waals surface area (Å²) >= 11 is 0. The number of hydrogen-bond acceptors (Lipinski definition) is 4. The van der Waals surface area contributed by atoms with E-state index < -0.39 is 0 Å². The first kappa shape index (κ1) is 23.5. The van der Waals surface area contributed by atoms with Crippen LogP contribution in [0.2, 0.25) is 0 Å².